The van der Waals surface area contributed by atoms with E-state index in [4.69, 9.17) is 4.74 Å². The Labute approximate surface area is 126 Å². The van der Waals surface area contributed by atoms with Gasteiger partial charge >= 0.3 is 4.87 Å². The number of aromatic nitrogens is 1. The van der Waals surface area contributed by atoms with E-state index in [1.54, 1.807) is 5.38 Å². The molecule has 1 aliphatic rings. The normalized spacial score (nSPS) is 16.3. The quantitative estimate of drug-likeness (QED) is 0.927. The van der Waals surface area contributed by atoms with E-state index in [1.165, 1.54) is 10.1 Å². The molecule has 1 N–H and O–H groups in total. The number of hydrogen-bond donors (Lipinski definition) is 1. The first-order valence-corrected chi connectivity index (χ1v) is 7.67. The standard InChI is InChI=1S/C15H16N2O3S/c1-10-9-21-15(19)17(10)8-14(18)16-7-12-6-11-4-2-3-5-13(11)20-12/h2-5,9,12H,6-8H2,1H3,(H,16,18)/t12-/m0/s1. The molecule has 0 fully saturated rings. The molecule has 21 heavy (non-hydrogen) atoms. The Morgan fingerprint density at radius 3 is 3.00 bits per heavy atom. The molecule has 2 aromatic rings. The summed E-state index contributed by atoms with van der Waals surface area (Å²) in [4.78, 5) is 23.4. The zero-order valence-electron chi connectivity index (χ0n) is 11.7. The summed E-state index contributed by atoms with van der Waals surface area (Å²) in [5.41, 5.74) is 1.98. The van der Waals surface area contributed by atoms with Gasteiger partial charge in [-0.2, -0.15) is 0 Å². The van der Waals surface area contributed by atoms with Crippen LogP contribution < -0.4 is 14.9 Å². The number of carbonyl (C=O) groups is 1. The summed E-state index contributed by atoms with van der Waals surface area (Å²) in [6.45, 7) is 2.33. The van der Waals surface area contributed by atoms with Crippen molar-refractivity contribution in [2.75, 3.05) is 6.54 Å². The topological polar surface area (TPSA) is 60.3 Å². The van der Waals surface area contributed by atoms with Crippen LogP contribution in [0.2, 0.25) is 0 Å². The fraction of sp³-hybridized carbons (Fsp3) is 0.333. The van der Waals surface area contributed by atoms with Crippen LogP contribution in [-0.4, -0.2) is 23.1 Å². The third-order valence-corrected chi connectivity index (χ3v) is 4.40. The van der Waals surface area contributed by atoms with E-state index in [0.29, 0.717) is 6.54 Å². The molecule has 1 atom stereocenters. The molecule has 3 rings (SSSR count). The lowest BCUT2D eigenvalue weighted by Gasteiger charge is -2.12. The summed E-state index contributed by atoms with van der Waals surface area (Å²) >= 11 is 1.11. The maximum absolute atomic E-state index is 11.9. The second-order valence-electron chi connectivity index (χ2n) is 5.08. The second-order valence-corrected chi connectivity index (χ2v) is 5.91. The van der Waals surface area contributed by atoms with Crippen LogP contribution in [0.5, 0.6) is 5.75 Å². The average Bonchev–Trinajstić information content (AvgIpc) is 3.03. The molecule has 0 bridgehead atoms. The monoisotopic (exact) mass is 304 g/mol. The van der Waals surface area contributed by atoms with Crippen LogP contribution in [0, 0.1) is 6.92 Å². The summed E-state index contributed by atoms with van der Waals surface area (Å²) in [5, 5.41) is 4.59. The molecular weight excluding hydrogens is 288 g/mol. The number of fused-ring (bicyclic) bond motifs is 1. The smallest absolute Gasteiger partial charge is 0.307 e. The van der Waals surface area contributed by atoms with Crippen LogP contribution in [0.1, 0.15) is 11.3 Å². The molecule has 1 aliphatic heterocycles. The number of ether oxygens (including phenoxy) is 1. The second kappa shape index (κ2) is 5.73. The van der Waals surface area contributed by atoms with Gasteiger partial charge in [0.1, 0.15) is 18.4 Å². The van der Waals surface area contributed by atoms with E-state index in [0.717, 1.165) is 29.2 Å². The Kier molecular flexibility index (Phi) is 3.79. The number of carbonyl (C=O) groups excluding carboxylic acids is 1. The number of aryl methyl sites for hydroxylation is 1. The van der Waals surface area contributed by atoms with Crippen molar-refractivity contribution in [2.24, 2.45) is 0 Å². The first-order chi connectivity index (χ1) is 10.1. The summed E-state index contributed by atoms with van der Waals surface area (Å²) in [6, 6.07) is 7.89. The number of para-hydroxylation sites is 1. The average molecular weight is 304 g/mol. The molecule has 0 saturated heterocycles. The molecule has 1 aromatic heterocycles. The van der Waals surface area contributed by atoms with E-state index in [2.05, 4.69) is 5.32 Å². The Morgan fingerprint density at radius 1 is 1.48 bits per heavy atom. The van der Waals surface area contributed by atoms with Crippen molar-refractivity contribution in [1.29, 1.82) is 0 Å². The van der Waals surface area contributed by atoms with Crippen LogP contribution in [0.3, 0.4) is 0 Å². The van der Waals surface area contributed by atoms with Crippen molar-refractivity contribution in [3.8, 4) is 5.75 Å². The van der Waals surface area contributed by atoms with Gasteiger partial charge in [0.2, 0.25) is 5.91 Å². The fourth-order valence-electron chi connectivity index (χ4n) is 2.39. The first kappa shape index (κ1) is 13.9. The molecule has 0 radical (unpaired) electrons. The number of rotatable bonds is 4. The molecule has 6 heteroatoms. The molecule has 1 aromatic carbocycles. The van der Waals surface area contributed by atoms with Gasteiger partial charge in [-0.05, 0) is 18.6 Å². The Hall–Kier alpha value is -2.08. The van der Waals surface area contributed by atoms with Crippen LogP contribution in [0.25, 0.3) is 0 Å². The van der Waals surface area contributed by atoms with Crippen molar-refractivity contribution in [2.45, 2.75) is 26.0 Å². The minimum absolute atomic E-state index is 0.0355. The maximum atomic E-state index is 11.9. The third-order valence-electron chi connectivity index (χ3n) is 3.52. The summed E-state index contributed by atoms with van der Waals surface area (Å²) in [7, 11) is 0. The van der Waals surface area contributed by atoms with Crippen molar-refractivity contribution in [1.82, 2.24) is 9.88 Å². The van der Waals surface area contributed by atoms with Gasteiger partial charge in [0.25, 0.3) is 0 Å². The van der Waals surface area contributed by atoms with Gasteiger partial charge in [0.15, 0.2) is 0 Å². The number of amides is 1. The van der Waals surface area contributed by atoms with Gasteiger partial charge < -0.3 is 10.1 Å². The highest BCUT2D eigenvalue weighted by molar-refractivity contribution is 7.07. The molecule has 0 aliphatic carbocycles. The Bertz CT molecular complexity index is 695. The Balaban J connectivity index is 1.53. The van der Waals surface area contributed by atoms with Gasteiger partial charge in [-0.15, -0.1) is 0 Å². The van der Waals surface area contributed by atoms with Gasteiger partial charge in [0, 0.05) is 17.5 Å². The molecule has 110 valence electrons. The van der Waals surface area contributed by atoms with E-state index in [1.807, 2.05) is 31.2 Å². The molecule has 2 heterocycles. The van der Waals surface area contributed by atoms with Crippen molar-refractivity contribution >= 4 is 17.2 Å². The zero-order valence-corrected chi connectivity index (χ0v) is 12.5. The highest BCUT2D eigenvalue weighted by Gasteiger charge is 2.22. The summed E-state index contributed by atoms with van der Waals surface area (Å²) < 4.78 is 7.24. The lowest BCUT2D eigenvalue weighted by molar-refractivity contribution is -0.122. The van der Waals surface area contributed by atoms with Crippen molar-refractivity contribution < 1.29 is 9.53 Å². The largest absolute Gasteiger partial charge is 0.488 e. The van der Waals surface area contributed by atoms with E-state index < -0.39 is 0 Å². The predicted molar refractivity (Wildman–Crippen MR) is 80.9 cm³/mol. The fourth-order valence-corrected chi connectivity index (χ4v) is 3.13. The van der Waals surface area contributed by atoms with E-state index >= 15 is 0 Å². The minimum Gasteiger partial charge on any atom is -0.488 e. The molecular formula is C15H16N2O3S. The van der Waals surface area contributed by atoms with Gasteiger partial charge in [0.05, 0.1) is 6.54 Å². The predicted octanol–water partition coefficient (Wildman–Crippen LogP) is 1.34. The number of nitrogens with zero attached hydrogens (tertiary/aromatic N) is 1. The lowest BCUT2D eigenvalue weighted by atomic mass is 10.1. The van der Waals surface area contributed by atoms with Gasteiger partial charge in [-0.1, -0.05) is 29.5 Å². The van der Waals surface area contributed by atoms with E-state index in [9.17, 15) is 9.59 Å². The highest BCUT2D eigenvalue weighted by Crippen LogP contribution is 2.27. The highest BCUT2D eigenvalue weighted by atomic mass is 32.1. The number of thiazole rings is 1. The van der Waals surface area contributed by atoms with Crippen LogP contribution in [0.4, 0.5) is 0 Å². The van der Waals surface area contributed by atoms with Crippen molar-refractivity contribution in [3.05, 3.63) is 50.6 Å². The SMILES string of the molecule is Cc1csc(=O)n1CC(=O)NC[C@@H]1Cc2ccccc2O1. The number of hydrogen-bond acceptors (Lipinski definition) is 4. The summed E-state index contributed by atoms with van der Waals surface area (Å²) in [6.07, 6.45) is 0.764. The zero-order chi connectivity index (χ0) is 14.8. The van der Waals surface area contributed by atoms with Gasteiger partial charge in [-0.25, -0.2) is 0 Å². The van der Waals surface area contributed by atoms with Crippen LogP contribution in [-0.2, 0) is 17.8 Å². The lowest BCUT2D eigenvalue weighted by Crippen LogP contribution is -2.37. The molecule has 0 saturated carbocycles. The van der Waals surface area contributed by atoms with Crippen LogP contribution >= 0.6 is 11.3 Å². The van der Waals surface area contributed by atoms with E-state index in [-0.39, 0.29) is 23.4 Å². The van der Waals surface area contributed by atoms with Gasteiger partial charge in [-0.3, -0.25) is 14.2 Å². The molecule has 0 spiro atoms. The Morgan fingerprint density at radius 2 is 2.29 bits per heavy atom. The molecule has 1 amide bonds. The first-order valence-electron chi connectivity index (χ1n) is 6.79. The number of nitrogens with one attached hydrogen (secondary N) is 1. The third kappa shape index (κ3) is 3.00. The number of benzene rings is 1. The maximum Gasteiger partial charge on any atom is 0.307 e. The minimum atomic E-state index is -0.168. The molecule has 5 nitrogen and oxygen atoms in total. The molecule has 0 unspecified atom stereocenters. The van der Waals surface area contributed by atoms with Crippen molar-refractivity contribution in [3.63, 3.8) is 0 Å². The summed E-state index contributed by atoms with van der Waals surface area (Å²) in [5.74, 6) is 0.722. The van der Waals surface area contributed by atoms with Crippen LogP contribution in [0.15, 0.2) is 34.4 Å².